The van der Waals surface area contributed by atoms with E-state index in [1.165, 1.54) is 30.5 Å². The van der Waals surface area contributed by atoms with Gasteiger partial charge in [-0.2, -0.15) is 0 Å². The fraction of sp³-hybridized carbons (Fsp3) is 0.514. The van der Waals surface area contributed by atoms with Gasteiger partial charge in [-0.3, -0.25) is 9.59 Å². The molecule has 7 rings (SSSR count). The molecule has 8 atom stereocenters. The molecule has 282 valence electrons. The van der Waals surface area contributed by atoms with Crippen LogP contribution in [0.4, 0.5) is 4.79 Å². The molecule has 3 aliphatic carbocycles. The molecule has 4 fully saturated rings. The number of carbonyl (C=O) groups is 4. The Morgan fingerprint density at radius 3 is 2.45 bits per heavy atom. The van der Waals surface area contributed by atoms with Crippen LogP contribution in [0.15, 0.2) is 35.7 Å². The number of hydrogen-bond donors (Lipinski definition) is 3. The maximum atomic E-state index is 14.3. The summed E-state index contributed by atoms with van der Waals surface area (Å²) in [5.41, 5.74) is 0.265. The topological polar surface area (TPSA) is 179 Å². The van der Waals surface area contributed by atoms with Crippen LogP contribution in [0.3, 0.4) is 0 Å². The van der Waals surface area contributed by atoms with E-state index in [0.29, 0.717) is 62.8 Å². The largest absolute Gasteiger partial charge is 0.495 e. The van der Waals surface area contributed by atoms with Crippen molar-refractivity contribution in [1.29, 1.82) is 0 Å². The number of fused-ring (bicyclic) bond motifs is 2. The maximum Gasteiger partial charge on any atom is 0.408 e. The molecule has 4 aliphatic rings. The van der Waals surface area contributed by atoms with E-state index in [2.05, 4.69) is 22.2 Å². The van der Waals surface area contributed by atoms with Crippen molar-refractivity contribution in [3.63, 3.8) is 0 Å². The smallest absolute Gasteiger partial charge is 0.408 e. The number of ether oxygens (including phenoxy) is 4. The van der Waals surface area contributed by atoms with Gasteiger partial charge < -0.3 is 39.6 Å². The SMILES string of the molecule is C=C(C)C(NC(=O)O[C@@H]1C[C@@H]2C[C@@H]2C1)C(=O)N1C[C@H](Oc2cc(-c3csc(OC)n3)nc3c(Cl)c(OC)ccc23)C[C@H]1C(=O)N[C@]1(C(=O)O)C[C@H]1CC. The molecule has 53 heavy (non-hydrogen) atoms. The van der Waals surface area contributed by atoms with Crippen molar-refractivity contribution in [1.82, 2.24) is 25.5 Å². The Labute approximate surface area is 315 Å². The fourth-order valence-corrected chi connectivity index (χ4v) is 8.75. The van der Waals surface area contributed by atoms with Gasteiger partial charge in [0.05, 0.1) is 32.0 Å². The van der Waals surface area contributed by atoms with Crippen molar-refractivity contribution < 1.29 is 43.2 Å². The van der Waals surface area contributed by atoms with E-state index < -0.39 is 47.6 Å². The molecule has 0 spiro atoms. The third kappa shape index (κ3) is 7.08. The zero-order chi connectivity index (χ0) is 37.8. The number of carboxylic acid groups (broad SMARTS) is 1. The van der Waals surface area contributed by atoms with Crippen molar-refractivity contribution in [3.8, 4) is 28.1 Å². The van der Waals surface area contributed by atoms with Crippen LogP contribution < -0.4 is 24.8 Å². The van der Waals surface area contributed by atoms with Gasteiger partial charge in [0, 0.05) is 23.3 Å². The summed E-state index contributed by atoms with van der Waals surface area (Å²) < 4.78 is 23.0. The number of nitrogens with one attached hydrogen (secondary N) is 2. The van der Waals surface area contributed by atoms with Gasteiger partial charge in [0.2, 0.25) is 11.8 Å². The highest BCUT2D eigenvalue weighted by atomic mass is 35.5. The first kappa shape index (κ1) is 36.7. The van der Waals surface area contributed by atoms with Gasteiger partial charge in [-0.15, -0.1) is 0 Å². The Hall–Kier alpha value is -4.63. The van der Waals surface area contributed by atoms with Crippen molar-refractivity contribution in [3.05, 3.63) is 40.8 Å². The fourth-order valence-electron chi connectivity index (χ4n) is 7.83. The molecule has 1 saturated heterocycles. The van der Waals surface area contributed by atoms with Crippen LogP contribution in [-0.2, 0) is 19.1 Å². The number of amides is 3. The van der Waals surface area contributed by atoms with Crippen LogP contribution in [0.2, 0.25) is 5.02 Å². The number of halogens is 1. The number of rotatable bonds is 13. The highest BCUT2D eigenvalue weighted by Gasteiger charge is 2.61. The minimum atomic E-state index is -1.42. The summed E-state index contributed by atoms with van der Waals surface area (Å²) in [7, 11) is 3.02. The van der Waals surface area contributed by atoms with Crippen LogP contribution >= 0.6 is 22.9 Å². The molecule has 3 heterocycles. The highest BCUT2D eigenvalue weighted by Crippen LogP contribution is 2.52. The molecule has 1 unspecified atom stereocenters. The van der Waals surface area contributed by atoms with Gasteiger partial charge >= 0.3 is 12.1 Å². The predicted octanol–water partition coefficient (Wildman–Crippen LogP) is 5.22. The van der Waals surface area contributed by atoms with Gasteiger partial charge in [0.15, 0.2) is 0 Å². The van der Waals surface area contributed by atoms with Crippen LogP contribution in [0.25, 0.3) is 22.3 Å². The minimum Gasteiger partial charge on any atom is -0.495 e. The van der Waals surface area contributed by atoms with E-state index in [0.717, 1.165) is 19.3 Å². The molecule has 1 aromatic carbocycles. The summed E-state index contributed by atoms with van der Waals surface area (Å²) >= 11 is 8.04. The molecule has 0 radical (unpaired) electrons. The maximum absolute atomic E-state index is 14.3. The van der Waals surface area contributed by atoms with Crippen LogP contribution in [-0.4, -0.2) is 94.4 Å². The van der Waals surface area contributed by atoms with Gasteiger partial charge in [0.1, 0.15) is 52.0 Å². The van der Waals surface area contributed by atoms with Crippen LogP contribution in [0.5, 0.6) is 16.7 Å². The van der Waals surface area contributed by atoms with Crippen molar-refractivity contribution in [2.75, 3.05) is 20.8 Å². The first-order valence-electron chi connectivity index (χ1n) is 17.7. The second-order valence-electron chi connectivity index (χ2n) is 14.4. The van der Waals surface area contributed by atoms with Crippen molar-refractivity contribution >= 4 is 57.7 Å². The molecular weight excluding hydrogens is 726 g/mol. The number of thiazole rings is 1. The number of pyridine rings is 1. The monoisotopic (exact) mass is 767 g/mol. The first-order valence-corrected chi connectivity index (χ1v) is 18.9. The number of alkyl carbamates (subject to hydrolysis) is 1. The number of aromatic nitrogens is 2. The van der Waals surface area contributed by atoms with Gasteiger partial charge in [-0.25, -0.2) is 19.6 Å². The molecule has 3 aromatic rings. The van der Waals surface area contributed by atoms with Crippen LogP contribution in [0.1, 0.15) is 52.4 Å². The summed E-state index contributed by atoms with van der Waals surface area (Å²) in [6.07, 6.45) is 1.96. The normalized spacial score (nSPS) is 27.4. The average molecular weight is 768 g/mol. The number of benzene rings is 1. The Morgan fingerprint density at radius 1 is 1.08 bits per heavy atom. The summed E-state index contributed by atoms with van der Waals surface area (Å²) in [5, 5.41) is 18.5. The van der Waals surface area contributed by atoms with E-state index in [-0.39, 0.29) is 36.4 Å². The summed E-state index contributed by atoms with van der Waals surface area (Å²) in [6, 6.07) is 2.82. The number of likely N-dealkylation sites (tertiary alicyclic amines) is 1. The van der Waals surface area contributed by atoms with E-state index in [1.54, 1.807) is 30.5 Å². The molecule has 3 amide bonds. The molecule has 16 heteroatoms. The summed E-state index contributed by atoms with van der Waals surface area (Å²) in [4.78, 5) is 64.3. The van der Waals surface area contributed by atoms with E-state index in [9.17, 15) is 24.3 Å². The number of aliphatic carboxylic acids is 1. The Morgan fingerprint density at radius 2 is 1.83 bits per heavy atom. The third-order valence-corrected chi connectivity index (χ3v) is 12.1. The van der Waals surface area contributed by atoms with Gasteiger partial charge in [0.25, 0.3) is 5.19 Å². The van der Waals surface area contributed by atoms with Crippen molar-refractivity contribution in [2.24, 2.45) is 17.8 Å². The molecule has 3 N–H and O–H groups in total. The summed E-state index contributed by atoms with van der Waals surface area (Å²) in [6.45, 7) is 7.37. The number of methoxy groups -OCH3 is 2. The molecule has 2 aromatic heterocycles. The van der Waals surface area contributed by atoms with Crippen LogP contribution in [0, 0.1) is 17.8 Å². The molecule has 1 aliphatic heterocycles. The Balaban J connectivity index is 1.19. The van der Waals surface area contributed by atoms with Gasteiger partial charge in [-0.05, 0) is 68.1 Å². The Kier molecular flexibility index (Phi) is 9.91. The lowest BCUT2D eigenvalue weighted by atomic mass is 10.1. The molecular formula is C37H42ClN5O9S. The standard InChI is InChI=1S/C37H42ClN5O9S/c1-6-20-14-37(20,34(46)47)42-32(44)26-12-22(15-43(26)33(45)30(17(2)3)41-35(48)52-21-10-18-9-19(18)11-21)51-28-13-24(25-16-53-36(40-25)50-5)39-31-23(28)7-8-27(49-4)29(31)38/h7-8,13,16,18-22,26,30H,2,6,9-12,14-15H2,1,3-5H3,(H,41,48)(H,42,44)(H,46,47)/t18-,19+,20-,21+,22-,26+,30?,37-/m1/s1. The van der Waals surface area contributed by atoms with Gasteiger partial charge in [-0.1, -0.05) is 42.9 Å². The lowest BCUT2D eigenvalue weighted by molar-refractivity contribution is -0.145. The lowest BCUT2D eigenvalue weighted by Gasteiger charge is -2.29. The third-order valence-electron chi connectivity index (χ3n) is 10.9. The second kappa shape index (κ2) is 14.3. The molecule has 14 nitrogen and oxygen atoms in total. The lowest BCUT2D eigenvalue weighted by Crippen LogP contribution is -2.56. The predicted molar refractivity (Wildman–Crippen MR) is 195 cm³/mol. The zero-order valence-electron chi connectivity index (χ0n) is 29.8. The first-order chi connectivity index (χ1) is 25.3. The number of hydrogen-bond acceptors (Lipinski definition) is 11. The highest BCUT2D eigenvalue weighted by molar-refractivity contribution is 7.11. The summed E-state index contributed by atoms with van der Waals surface area (Å²) in [5.74, 6) is -0.634. The zero-order valence-corrected chi connectivity index (χ0v) is 31.4. The second-order valence-corrected chi connectivity index (χ2v) is 15.6. The quantitative estimate of drug-likeness (QED) is 0.194. The van der Waals surface area contributed by atoms with Crippen molar-refractivity contribution in [2.45, 2.75) is 82.2 Å². The average Bonchev–Trinajstić information content (AvgIpc) is 3.78. The molecule has 3 saturated carbocycles. The number of carbonyl (C=O) groups excluding carboxylic acids is 3. The van der Waals surface area contributed by atoms with E-state index >= 15 is 0 Å². The van der Waals surface area contributed by atoms with E-state index in [1.807, 2.05) is 6.92 Å². The number of carboxylic acids is 1. The number of nitrogens with zero attached hydrogens (tertiary/aromatic N) is 3. The molecule has 0 bridgehead atoms. The Bertz CT molecular complexity index is 1980. The minimum absolute atomic E-state index is 0.0236. The van der Waals surface area contributed by atoms with E-state index in [4.69, 9.17) is 35.5 Å².